The Kier molecular flexibility index (Phi) is 3.41. The summed E-state index contributed by atoms with van der Waals surface area (Å²) in [6, 6.07) is 3.99. The first-order valence-electron chi connectivity index (χ1n) is 5.63. The molecule has 0 radical (unpaired) electrons. The molecule has 18 heavy (non-hydrogen) atoms. The molecule has 0 spiro atoms. The van der Waals surface area contributed by atoms with Gasteiger partial charge in [-0.15, -0.1) is 0 Å². The second-order valence-corrected chi connectivity index (χ2v) is 4.19. The molecule has 0 aliphatic carbocycles. The zero-order chi connectivity index (χ0) is 13.1. The van der Waals surface area contributed by atoms with Crippen LogP contribution in [0.15, 0.2) is 30.6 Å². The van der Waals surface area contributed by atoms with Crippen molar-refractivity contribution in [1.82, 2.24) is 15.3 Å². The molecule has 1 amide bonds. The molecule has 4 nitrogen and oxygen atoms in total. The number of hydrogen-bond acceptors (Lipinski definition) is 2. The smallest absolute Gasteiger partial charge is 0.251 e. The van der Waals surface area contributed by atoms with E-state index in [9.17, 15) is 9.18 Å². The van der Waals surface area contributed by atoms with E-state index in [-0.39, 0.29) is 11.9 Å². The fourth-order valence-electron chi connectivity index (χ4n) is 1.73. The highest BCUT2D eigenvalue weighted by Gasteiger charge is 2.13. The average Bonchev–Trinajstić information content (AvgIpc) is 2.80. The Morgan fingerprint density at radius 1 is 1.44 bits per heavy atom. The van der Waals surface area contributed by atoms with Gasteiger partial charge in [-0.1, -0.05) is 0 Å². The lowest BCUT2D eigenvalue weighted by Crippen LogP contribution is -2.27. The first kappa shape index (κ1) is 12.3. The number of nitrogens with zero attached hydrogens (tertiary/aromatic N) is 1. The summed E-state index contributed by atoms with van der Waals surface area (Å²) in [4.78, 5) is 18.9. The lowest BCUT2D eigenvalue weighted by Gasteiger charge is -2.11. The van der Waals surface area contributed by atoms with Crippen LogP contribution in [0.4, 0.5) is 4.39 Å². The van der Waals surface area contributed by atoms with E-state index in [1.54, 1.807) is 25.4 Å². The molecule has 1 heterocycles. The lowest BCUT2D eigenvalue weighted by molar-refractivity contribution is 0.0938. The topological polar surface area (TPSA) is 57.8 Å². The van der Waals surface area contributed by atoms with Crippen LogP contribution in [-0.2, 0) is 0 Å². The van der Waals surface area contributed by atoms with Crippen molar-refractivity contribution in [3.8, 4) is 0 Å². The summed E-state index contributed by atoms with van der Waals surface area (Å²) >= 11 is 0. The zero-order valence-electron chi connectivity index (χ0n) is 10.2. The van der Waals surface area contributed by atoms with Gasteiger partial charge in [-0.3, -0.25) is 4.79 Å². The van der Waals surface area contributed by atoms with Crippen molar-refractivity contribution in [1.29, 1.82) is 0 Å². The average molecular weight is 247 g/mol. The van der Waals surface area contributed by atoms with E-state index in [0.29, 0.717) is 17.0 Å². The second-order valence-electron chi connectivity index (χ2n) is 4.19. The van der Waals surface area contributed by atoms with Gasteiger partial charge in [0, 0.05) is 18.0 Å². The lowest BCUT2D eigenvalue weighted by atomic mass is 10.1. The predicted octanol–water partition coefficient (Wildman–Crippen LogP) is 2.35. The minimum atomic E-state index is -0.411. The summed E-state index contributed by atoms with van der Waals surface area (Å²) in [5, 5.41) is 2.75. The molecule has 0 saturated heterocycles. The molecule has 2 rings (SSSR count). The highest BCUT2D eigenvalue weighted by molar-refractivity contribution is 5.94. The van der Waals surface area contributed by atoms with E-state index in [0.717, 1.165) is 0 Å². The highest BCUT2D eigenvalue weighted by Crippen LogP contribution is 2.11. The molecule has 1 aromatic heterocycles. The SMILES string of the molecule is Cc1cc(F)cc(C(=O)NC(C)c2ncc[nH]2)c1. The van der Waals surface area contributed by atoms with Crippen LogP contribution < -0.4 is 5.32 Å². The largest absolute Gasteiger partial charge is 0.347 e. The van der Waals surface area contributed by atoms with Crippen molar-refractivity contribution in [3.63, 3.8) is 0 Å². The van der Waals surface area contributed by atoms with E-state index in [2.05, 4.69) is 15.3 Å². The first-order chi connectivity index (χ1) is 8.56. The molecule has 0 bridgehead atoms. The summed E-state index contributed by atoms with van der Waals surface area (Å²) in [6.45, 7) is 3.55. The molecule has 1 unspecified atom stereocenters. The third-order valence-electron chi connectivity index (χ3n) is 2.58. The van der Waals surface area contributed by atoms with Crippen molar-refractivity contribution in [2.75, 3.05) is 0 Å². The third-order valence-corrected chi connectivity index (χ3v) is 2.58. The summed E-state index contributed by atoms with van der Waals surface area (Å²) in [6.07, 6.45) is 3.30. The van der Waals surface area contributed by atoms with Crippen LogP contribution in [0.1, 0.15) is 34.7 Å². The number of benzene rings is 1. The zero-order valence-corrected chi connectivity index (χ0v) is 10.2. The number of nitrogens with one attached hydrogen (secondary N) is 2. The molecule has 2 N–H and O–H groups in total. The molecular formula is C13H14FN3O. The van der Waals surface area contributed by atoms with Gasteiger partial charge >= 0.3 is 0 Å². The monoisotopic (exact) mass is 247 g/mol. The minimum Gasteiger partial charge on any atom is -0.347 e. The fraction of sp³-hybridized carbons (Fsp3) is 0.231. The van der Waals surface area contributed by atoms with Gasteiger partial charge < -0.3 is 10.3 Å². The summed E-state index contributed by atoms with van der Waals surface area (Å²) in [5.74, 6) is -0.0659. The highest BCUT2D eigenvalue weighted by atomic mass is 19.1. The standard InChI is InChI=1S/C13H14FN3O/c1-8-5-10(7-11(14)6-8)13(18)17-9(2)12-15-3-4-16-12/h3-7,9H,1-2H3,(H,15,16)(H,17,18). The number of amides is 1. The van der Waals surface area contributed by atoms with Crippen LogP contribution in [0.2, 0.25) is 0 Å². The molecule has 0 saturated carbocycles. The van der Waals surface area contributed by atoms with Crippen molar-refractivity contribution in [2.24, 2.45) is 0 Å². The number of halogens is 1. The van der Waals surface area contributed by atoms with Crippen molar-refractivity contribution >= 4 is 5.91 Å². The number of rotatable bonds is 3. The van der Waals surface area contributed by atoms with E-state index in [4.69, 9.17) is 0 Å². The Labute approximate surface area is 104 Å². The van der Waals surface area contributed by atoms with E-state index >= 15 is 0 Å². The molecular weight excluding hydrogens is 233 g/mol. The third kappa shape index (κ3) is 2.74. The number of imidazole rings is 1. The minimum absolute atomic E-state index is 0.254. The van der Waals surface area contributed by atoms with Gasteiger partial charge in [0.1, 0.15) is 11.6 Å². The van der Waals surface area contributed by atoms with Crippen molar-refractivity contribution in [2.45, 2.75) is 19.9 Å². The summed E-state index contributed by atoms with van der Waals surface area (Å²) in [7, 11) is 0. The number of aromatic nitrogens is 2. The van der Waals surface area contributed by atoms with Gasteiger partial charge in [-0.25, -0.2) is 9.37 Å². The number of hydrogen-bond donors (Lipinski definition) is 2. The molecule has 94 valence electrons. The van der Waals surface area contributed by atoms with Crippen LogP contribution in [0.3, 0.4) is 0 Å². The molecule has 0 fully saturated rings. The Morgan fingerprint density at radius 3 is 2.83 bits per heavy atom. The molecule has 1 atom stereocenters. The number of aryl methyl sites for hydroxylation is 1. The maximum absolute atomic E-state index is 13.2. The maximum Gasteiger partial charge on any atom is 0.251 e. The number of carbonyl (C=O) groups excluding carboxylic acids is 1. The van der Waals surface area contributed by atoms with E-state index in [1.165, 1.54) is 12.1 Å². The number of H-pyrrole nitrogens is 1. The van der Waals surface area contributed by atoms with Crippen LogP contribution in [-0.4, -0.2) is 15.9 Å². The molecule has 1 aromatic carbocycles. The number of carbonyl (C=O) groups is 1. The van der Waals surface area contributed by atoms with Gasteiger partial charge in [-0.05, 0) is 37.6 Å². The Hall–Kier alpha value is -2.17. The van der Waals surface area contributed by atoms with Crippen LogP contribution in [0, 0.1) is 12.7 Å². The Morgan fingerprint density at radius 2 is 2.22 bits per heavy atom. The van der Waals surface area contributed by atoms with Crippen LogP contribution in [0.5, 0.6) is 0 Å². The Balaban J connectivity index is 2.12. The molecule has 2 aromatic rings. The van der Waals surface area contributed by atoms with E-state index in [1.807, 2.05) is 6.92 Å². The van der Waals surface area contributed by atoms with Gasteiger partial charge in [0.25, 0.3) is 5.91 Å². The van der Waals surface area contributed by atoms with E-state index < -0.39 is 5.82 Å². The van der Waals surface area contributed by atoms with Crippen molar-refractivity contribution < 1.29 is 9.18 Å². The molecule has 5 heteroatoms. The summed E-state index contributed by atoms with van der Waals surface area (Å²) < 4.78 is 13.2. The second kappa shape index (κ2) is 5.00. The summed E-state index contributed by atoms with van der Waals surface area (Å²) in [5.41, 5.74) is 1.02. The fourth-order valence-corrected chi connectivity index (χ4v) is 1.73. The van der Waals surface area contributed by atoms with Gasteiger partial charge in [0.05, 0.1) is 6.04 Å². The van der Waals surface area contributed by atoms with Crippen LogP contribution in [0.25, 0.3) is 0 Å². The van der Waals surface area contributed by atoms with Gasteiger partial charge in [0.15, 0.2) is 0 Å². The quantitative estimate of drug-likeness (QED) is 0.874. The molecule has 0 aliphatic heterocycles. The van der Waals surface area contributed by atoms with Gasteiger partial charge in [-0.2, -0.15) is 0 Å². The predicted molar refractivity (Wildman–Crippen MR) is 65.6 cm³/mol. The molecule has 0 aliphatic rings. The normalized spacial score (nSPS) is 12.2. The van der Waals surface area contributed by atoms with Gasteiger partial charge in [0.2, 0.25) is 0 Å². The van der Waals surface area contributed by atoms with Crippen molar-refractivity contribution in [3.05, 3.63) is 53.4 Å². The Bertz CT molecular complexity index is 531. The first-order valence-corrected chi connectivity index (χ1v) is 5.63. The maximum atomic E-state index is 13.2. The number of aromatic amines is 1. The van der Waals surface area contributed by atoms with Crippen LogP contribution >= 0.6 is 0 Å².